The van der Waals surface area contributed by atoms with E-state index in [4.69, 9.17) is 5.73 Å². The maximum absolute atomic E-state index is 6.28. The summed E-state index contributed by atoms with van der Waals surface area (Å²) in [6.07, 6.45) is 8.92. The Morgan fingerprint density at radius 1 is 1.33 bits per heavy atom. The van der Waals surface area contributed by atoms with E-state index >= 15 is 0 Å². The topological polar surface area (TPSA) is 38.9 Å². The Morgan fingerprint density at radius 3 is 2.67 bits per heavy atom. The molecule has 0 unspecified atom stereocenters. The third-order valence-corrected chi connectivity index (χ3v) is 3.64. The van der Waals surface area contributed by atoms with Crippen molar-refractivity contribution in [1.82, 2.24) is 4.98 Å². The third-order valence-electron chi connectivity index (χ3n) is 3.64. The van der Waals surface area contributed by atoms with E-state index in [1.54, 1.807) is 6.20 Å². The maximum atomic E-state index is 6.28. The lowest BCUT2D eigenvalue weighted by atomic mass is 9.78. The highest BCUT2D eigenvalue weighted by Gasteiger charge is 2.24. The zero-order valence-electron chi connectivity index (χ0n) is 9.39. The first-order valence-electron chi connectivity index (χ1n) is 5.93. The van der Waals surface area contributed by atoms with Gasteiger partial charge in [-0.05, 0) is 36.3 Å². The molecule has 15 heavy (non-hydrogen) atoms. The quantitative estimate of drug-likeness (QED) is 0.804. The maximum Gasteiger partial charge on any atom is 0.0338 e. The predicted molar refractivity (Wildman–Crippen MR) is 62.3 cm³/mol. The molecule has 0 aromatic carbocycles. The zero-order valence-corrected chi connectivity index (χ0v) is 9.39. The average molecular weight is 204 g/mol. The summed E-state index contributed by atoms with van der Waals surface area (Å²) < 4.78 is 0. The van der Waals surface area contributed by atoms with Gasteiger partial charge in [-0.2, -0.15) is 0 Å². The summed E-state index contributed by atoms with van der Waals surface area (Å²) in [5.74, 6) is 1.55. The van der Waals surface area contributed by atoms with Crippen LogP contribution in [0, 0.1) is 11.8 Å². The summed E-state index contributed by atoms with van der Waals surface area (Å²) >= 11 is 0. The molecule has 1 saturated carbocycles. The summed E-state index contributed by atoms with van der Waals surface area (Å²) in [6.45, 7) is 2.34. The number of hydrogen-bond donors (Lipinski definition) is 1. The fourth-order valence-corrected chi connectivity index (χ4v) is 2.49. The molecule has 2 nitrogen and oxygen atoms in total. The van der Waals surface area contributed by atoms with Crippen LogP contribution >= 0.6 is 0 Å². The fourth-order valence-electron chi connectivity index (χ4n) is 2.49. The molecule has 1 aromatic rings. The van der Waals surface area contributed by atoms with Crippen molar-refractivity contribution in [3.05, 3.63) is 30.1 Å². The second-order valence-electron chi connectivity index (χ2n) is 4.83. The molecule has 1 aliphatic rings. The van der Waals surface area contributed by atoms with Crippen molar-refractivity contribution in [3.8, 4) is 0 Å². The molecule has 0 spiro atoms. The normalized spacial score (nSPS) is 28.7. The van der Waals surface area contributed by atoms with Gasteiger partial charge < -0.3 is 5.73 Å². The van der Waals surface area contributed by atoms with Gasteiger partial charge in [-0.3, -0.25) is 4.98 Å². The van der Waals surface area contributed by atoms with Gasteiger partial charge in [-0.1, -0.05) is 25.8 Å². The predicted octanol–water partition coefficient (Wildman–Crippen LogP) is 2.91. The zero-order chi connectivity index (χ0) is 10.7. The van der Waals surface area contributed by atoms with Gasteiger partial charge >= 0.3 is 0 Å². The minimum absolute atomic E-state index is 0.186. The molecular weight excluding hydrogens is 184 g/mol. The summed E-state index contributed by atoms with van der Waals surface area (Å²) in [4.78, 5) is 4.14. The Bertz CT molecular complexity index is 289. The highest BCUT2D eigenvalue weighted by atomic mass is 14.7. The molecule has 1 heterocycles. The van der Waals surface area contributed by atoms with E-state index in [1.165, 1.54) is 31.2 Å². The van der Waals surface area contributed by atoms with Crippen LogP contribution in [0.2, 0.25) is 0 Å². The second kappa shape index (κ2) is 4.75. The third kappa shape index (κ3) is 2.57. The molecule has 0 bridgehead atoms. The van der Waals surface area contributed by atoms with E-state index in [-0.39, 0.29) is 6.04 Å². The first kappa shape index (κ1) is 10.6. The molecule has 2 rings (SSSR count). The number of nitrogens with zero attached hydrogens (tertiary/aromatic N) is 1. The smallest absolute Gasteiger partial charge is 0.0338 e. The van der Waals surface area contributed by atoms with E-state index in [2.05, 4.69) is 18.0 Å². The molecule has 1 aliphatic carbocycles. The second-order valence-corrected chi connectivity index (χ2v) is 4.83. The minimum Gasteiger partial charge on any atom is -0.324 e. The Labute approximate surface area is 91.9 Å². The van der Waals surface area contributed by atoms with Gasteiger partial charge in [0.1, 0.15) is 0 Å². The van der Waals surface area contributed by atoms with Gasteiger partial charge in [0, 0.05) is 18.4 Å². The van der Waals surface area contributed by atoms with Gasteiger partial charge in [0.15, 0.2) is 0 Å². The lowest BCUT2D eigenvalue weighted by Crippen LogP contribution is -2.25. The van der Waals surface area contributed by atoms with Gasteiger partial charge in [-0.25, -0.2) is 0 Å². The Morgan fingerprint density at radius 2 is 2.07 bits per heavy atom. The van der Waals surface area contributed by atoms with Crippen LogP contribution in [0.1, 0.15) is 44.2 Å². The number of aromatic nitrogens is 1. The van der Waals surface area contributed by atoms with Gasteiger partial charge in [0.25, 0.3) is 0 Å². The molecule has 0 aliphatic heterocycles. The molecule has 0 amide bonds. The van der Waals surface area contributed by atoms with Crippen molar-refractivity contribution in [2.45, 2.75) is 38.6 Å². The highest BCUT2D eigenvalue weighted by molar-refractivity contribution is 5.14. The molecule has 82 valence electrons. The van der Waals surface area contributed by atoms with Gasteiger partial charge in [0.2, 0.25) is 0 Å². The van der Waals surface area contributed by atoms with Crippen molar-refractivity contribution < 1.29 is 0 Å². The van der Waals surface area contributed by atoms with Crippen LogP contribution in [0.3, 0.4) is 0 Å². The largest absolute Gasteiger partial charge is 0.324 e. The van der Waals surface area contributed by atoms with E-state index in [9.17, 15) is 0 Å². The van der Waals surface area contributed by atoms with Crippen LogP contribution < -0.4 is 5.73 Å². The summed E-state index contributed by atoms with van der Waals surface area (Å²) in [5, 5.41) is 0. The average Bonchev–Trinajstić information content (AvgIpc) is 2.30. The lowest BCUT2D eigenvalue weighted by molar-refractivity contribution is 0.256. The Kier molecular flexibility index (Phi) is 3.37. The minimum atomic E-state index is 0.186. The van der Waals surface area contributed by atoms with E-state index in [1.807, 2.05) is 12.3 Å². The Balaban J connectivity index is 1.99. The van der Waals surface area contributed by atoms with E-state index < -0.39 is 0 Å². The monoisotopic (exact) mass is 204 g/mol. The molecule has 0 saturated heterocycles. The Hall–Kier alpha value is -0.890. The highest BCUT2D eigenvalue weighted by Crippen LogP contribution is 2.35. The number of pyridine rings is 1. The van der Waals surface area contributed by atoms with E-state index in [0.29, 0.717) is 5.92 Å². The number of hydrogen-bond acceptors (Lipinski definition) is 2. The summed E-state index contributed by atoms with van der Waals surface area (Å²) in [5.41, 5.74) is 7.47. The molecule has 2 N–H and O–H groups in total. The molecule has 1 fully saturated rings. The van der Waals surface area contributed by atoms with Crippen LogP contribution in [0.4, 0.5) is 0 Å². The molecule has 1 atom stereocenters. The summed E-state index contributed by atoms with van der Waals surface area (Å²) in [7, 11) is 0. The van der Waals surface area contributed by atoms with Crippen LogP contribution in [0.25, 0.3) is 0 Å². The number of rotatable bonds is 2. The first-order chi connectivity index (χ1) is 7.27. The SMILES string of the molecule is CC1CCC([C@H](N)c2cccnc2)CC1. The lowest BCUT2D eigenvalue weighted by Gasteiger charge is -2.30. The first-order valence-corrected chi connectivity index (χ1v) is 5.93. The number of nitrogens with two attached hydrogens (primary N) is 1. The van der Waals surface area contributed by atoms with Crippen LogP contribution in [-0.2, 0) is 0 Å². The van der Waals surface area contributed by atoms with Crippen LogP contribution in [0.15, 0.2) is 24.5 Å². The fraction of sp³-hybridized carbons (Fsp3) is 0.615. The van der Waals surface area contributed by atoms with Crippen LogP contribution in [-0.4, -0.2) is 4.98 Å². The molecular formula is C13H20N2. The van der Waals surface area contributed by atoms with Crippen molar-refractivity contribution in [1.29, 1.82) is 0 Å². The standard InChI is InChI=1S/C13H20N2/c1-10-4-6-11(7-5-10)13(14)12-3-2-8-15-9-12/h2-3,8-11,13H,4-7,14H2,1H3/t10?,11?,13-/m0/s1. The molecule has 1 aromatic heterocycles. The van der Waals surface area contributed by atoms with Gasteiger partial charge in [-0.15, -0.1) is 0 Å². The van der Waals surface area contributed by atoms with Crippen molar-refractivity contribution in [2.75, 3.05) is 0 Å². The van der Waals surface area contributed by atoms with Gasteiger partial charge in [0.05, 0.1) is 0 Å². The summed E-state index contributed by atoms with van der Waals surface area (Å²) in [6, 6.07) is 4.25. The van der Waals surface area contributed by atoms with Crippen molar-refractivity contribution in [2.24, 2.45) is 17.6 Å². The molecule has 2 heteroatoms. The molecule has 0 radical (unpaired) electrons. The van der Waals surface area contributed by atoms with Crippen molar-refractivity contribution >= 4 is 0 Å². The van der Waals surface area contributed by atoms with Crippen molar-refractivity contribution in [3.63, 3.8) is 0 Å². The van der Waals surface area contributed by atoms with Crippen LogP contribution in [0.5, 0.6) is 0 Å². The van der Waals surface area contributed by atoms with E-state index in [0.717, 1.165) is 5.92 Å².